The van der Waals surface area contributed by atoms with Gasteiger partial charge in [-0.2, -0.15) is 0 Å². The van der Waals surface area contributed by atoms with Gasteiger partial charge in [-0.1, -0.05) is 6.07 Å². The lowest BCUT2D eigenvalue weighted by molar-refractivity contribution is 0.249. The van der Waals surface area contributed by atoms with Crippen LogP contribution in [0.3, 0.4) is 0 Å². The third-order valence-corrected chi connectivity index (χ3v) is 2.81. The number of halogens is 1. The summed E-state index contributed by atoms with van der Waals surface area (Å²) >= 11 is 0. The van der Waals surface area contributed by atoms with Crippen molar-refractivity contribution in [1.29, 1.82) is 0 Å². The fourth-order valence-corrected chi connectivity index (χ4v) is 1.61. The molecule has 1 heterocycles. The highest BCUT2D eigenvalue weighted by atomic mass is 19.1. The number of nitrogens with zero attached hydrogens (tertiary/aromatic N) is 2. The van der Waals surface area contributed by atoms with Crippen LogP contribution in [0.2, 0.25) is 0 Å². The molecule has 0 amide bonds. The van der Waals surface area contributed by atoms with Crippen molar-refractivity contribution in [2.45, 2.75) is 26.5 Å². The van der Waals surface area contributed by atoms with Crippen LogP contribution in [0.1, 0.15) is 30.3 Å². The fraction of sp³-hybridized carbons (Fsp3) is 0.385. The minimum Gasteiger partial charge on any atom is -0.481 e. The van der Waals surface area contributed by atoms with Crippen molar-refractivity contribution < 1.29 is 13.5 Å². The van der Waals surface area contributed by atoms with Gasteiger partial charge in [0.2, 0.25) is 5.89 Å². The summed E-state index contributed by atoms with van der Waals surface area (Å²) in [4.78, 5) is 0. The quantitative estimate of drug-likeness (QED) is 0.899. The number of hydrogen-bond donors (Lipinski definition) is 1. The van der Waals surface area contributed by atoms with Crippen molar-refractivity contribution in [2.24, 2.45) is 0 Å². The van der Waals surface area contributed by atoms with Crippen molar-refractivity contribution in [1.82, 2.24) is 15.5 Å². The van der Waals surface area contributed by atoms with Gasteiger partial charge in [-0.15, -0.1) is 10.2 Å². The van der Waals surface area contributed by atoms with E-state index >= 15 is 0 Å². The van der Waals surface area contributed by atoms with Gasteiger partial charge in [0.1, 0.15) is 0 Å². The van der Waals surface area contributed by atoms with E-state index in [0.29, 0.717) is 11.8 Å². The van der Waals surface area contributed by atoms with Crippen molar-refractivity contribution in [2.75, 3.05) is 7.05 Å². The van der Waals surface area contributed by atoms with E-state index in [4.69, 9.17) is 9.15 Å². The molecule has 6 heteroatoms. The molecule has 0 aliphatic rings. The predicted octanol–water partition coefficient (Wildman–Crippen LogP) is 2.38. The smallest absolute Gasteiger partial charge is 0.253 e. The first-order valence-electron chi connectivity index (χ1n) is 5.98. The predicted molar refractivity (Wildman–Crippen MR) is 67.2 cm³/mol. The summed E-state index contributed by atoms with van der Waals surface area (Å²) in [6.45, 7) is 3.69. The minimum absolute atomic E-state index is 0.0543. The molecule has 1 N–H and O–H groups in total. The van der Waals surface area contributed by atoms with Crippen LogP contribution >= 0.6 is 0 Å². The molecule has 2 aromatic rings. The first-order valence-corrected chi connectivity index (χ1v) is 5.98. The van der Waals surface area contributed by atoms with E-state index in [0.717, 1.165) is 5.56 Å². The van der Waals surface area contributed by atoms with Crippen LogP contribution in [0.25, 0.3) is 0 Å². The molecule has 0 bridgehead atoms. The summed E-state index contributed by atoms with van der Waals surface area (Å²) in [5.41, 5.74) is 0.862. The average molecular weight is 265 g/mol. The number of hydrogen-bond acceptors (Lipinski definition) is 5. The van der Waals surface area contributed by atoms with Crippen LogP contribution in [0.4, 0.5) is 4.39 Å². The highest BCUT2D eigenvalue weighted by Crippen LogP contribution is 2.22. The number of aryl methyl sites for hydroxylation is 1. The van der Waals surface area contributed by atoms with E-state index in [9.17, 15) is 4.39 Å². The molecular formula is C13H16FN3O2. The molecule has 0 saturated heterocycles. The molecule has 19 heavy (non-hydrogen) atoms. The maximum atomic E-state index is 13.8. The van der Waals surface area contributed by atoms with Gasteiger partial charge < -0.3 is 14.5 Å². The van der Waals surface area contributed by atoms with Crippen LogP contribution in [-0.2, 0) is 6.61 Å². The van der Waals surface area contributed by atoms with Crippen molar-refractivity contribution in [3.05, 3.63) is 41.4 Å². The van der Waals surface area contributed by atoms with E-state index in [2.05, 4.69) is 15.5 Å². The molecule has 102 valence electrons. The Labute approximate surface area is 110 Å². The lowest BCUT2D eigenvalue weighted by Crippen LogP contribution is -2.12. The number of benzene rings is 1. The molecule has 2 rings (SSSR count). The normalized spacial score (nSPS) is 12.4. The summed E-state index contributed by atoms with van der Waals surface area (Å²) in [6.07, 6.45) is 0. The van der Waals surface area contributed by atoms with Crippen LogP contribution in [0.5, 0.6) is 5.75 Å². The zero-order valence-corrected chi connectivity index (χ0v) is 11.1. The summed E-state index contributed by atoms with van der Waals surface area (Å²) < 4.78 is 24.3. The number of nitrogens with one attached hydrogen (secondary N) is 1. The fourth-order valence-electron chi connectivity index (χ4n) is 1.61. The molecule has 5 nitrogen and oxygen atoms in total. The Balaban J connectivity index is 2.05. The average Bonchev–Trinajstić information content (AvgIpc) is 2.82. The van der Waals surface area contributed by atoms with Gasteiger partial charge in [0.05, 0.1) is 0 Å². The van der Waals surface area contributed by atoms with Crippen LogP contribution in [0.15, 0.2) is 22.6 Å². The van der Waals surface area contributed by atoms with Crippen LogP contribution < -0.4 is 10.1 Å². The first kappa shape index (κ1) is 13.5. The maximum Gasteiger partial charge on any atom is 0.253 e. The molecule has 0 radical (unpaired) electrons. The molecular weight excluding hydrogens is 249 g/mol. The number of ether oxygens (including phenoxy) is 1. The zero-order valence-electron chi connectivity index (χ0n) is 11.1. The highest BCUT2D eigenvalue weighted by Gasteiger charge is 2.10. The first-order chi connectivity index (χ1) is 9.10. The van der Waals surface area contributed by atoms with Gasteiger partial charge in [0, 0.05) is 13.0 Å². The second-order valence-corrected chi connectivity index (χ2v) is 4.20. The van der Waals surface area contributed by atoms with Gasteiger partial charge in [0.25, 0.3) is 5.89 Å². The van der Waals surface area contributed by atoms with Gasteiger partial charge in [0.15, 0.2) is 18.2 Å². The number of aromatic nitrogens is 2. The summed E-state index contributed by atoms with van der Waals surface area (Å²) in [5.74, 6) is 0.542. The Bertz CT molecular complexity index is 557. The molecule has 0 aliphatic carbocycles. The second-order valence-electron chi connectivity index (χ2n) is 4.20. The Morgan fingerprint density at radius 2 is 2.21 bits per heavy atom. The van der Waals surface area contributed by atoms with E-state index in [-0.39, 0.29) is 18.4 Å². The third-order valence-electron chi connectivity index (χ3n) is 2.81. The van der Waals surface area contributed by atoms with Gasteiger partial charge in [-0.3, -0.25) is 0 Å². The summed E-state index contributed by atoms with van der Waals surface area (Å²) in [6, 6.07) is 4.96. The zero-order chi connectivity index (χ0) is 13.8. The summed E-state index contributed by atoms with van der Waals surface area (Å²) in [7, 11) is 1.82. The largest absolute Gasteiger partial charge is 0.481 e. The van der Waals surface area contributed by atoms with Crippen LogP contribution in [0, 0.1) is 12.7 Å². The molecule has 0 aliphatic heterocycles. The van der Waals surface area contributed by atoms with Gasteiger partial charge in [-0.05, 0) is 31.7 Å². The van der Waals surface area contributed by atoms with E-state index in [1.807, 2.05) is 20.0 Å². The monoisotopic (exact) mass is 265 g/mol. The Morgan fingerprint density at radius 3 is 2.79 bits per heavy atom. The lowest BCUT2D eigenvalue weighted by Gasteiger charge is -2.12. The van der Waals surface area contributed by atoms with E-state index in [1.54, 1.807) is 13.0 Å². The molecule has 0 saturated carbocycles. The molecule has 0 spiro atoms. The molecule has 1 aromatic carbocycles. The van der Waals surface area contributed by atoms with Gasteiger partial charge >= 0.3 is 0 Å². The highest BCUT2D eigenvalue weighted by molar-refractivity contribution is 5.30. The molecule has 1 aromatic heterocycles. The second kappa shape index (κ2) is 5.79. The van der Waals surface area contributed by atoms with E-state index < -0.39 is 5.82 Å². The lowest BCUT2D eigenvalue weighted by atomic mass is 10.1. The molecule has 1 unspecified atom stereocenters. The Hall–Kier alpha value is -1.95. The van der Waals surface area contributed by atoms with Crippen molar-refractivity contribution >= 4 is 0 Å². The van der Waals surface area contributed by atoms with Gasteiger partial charge in [-0.25, -0.2) is 4.39 Å². The van der Waals surface area contributed by atoms with Crippen LogP contribution in [-0.4, -0.2) is 17.2 Å². The maximum absolute atomic E-state index is 13.8. The SMILES string of the molecule is CNC(C)c1ccc(OCc2nnc(C)o2)c(F)c1. The standard InChI is InChI=1S/C13H16FN3O2/c1-8(15-3)10-4-5-12(11(14)6-10)18-7-13-17-16-9(2)19-13/h4-6,8,15H,7H2,1-3H3. The Kier molecular flexibility index (Phi) is 4.11. The van der Waals surface area contributed by atoms with E-state index in [1.165, 1.54) is 6.07 Å². The minimum atomic E-state index is -0.407. The Morgan fingerprint density at radius 1 is 1.42 bits per heavy atom. The molecule has 1 atom stereocenters. The van der Waals surface area contributed by atoms with Crippen molar-refractivity contribution in [3.8, 4) is 5.75 Å². The number of rotatable bonds is 5. The third kappa shape index (κ3) is 3.29. The molecule has 0 fully saturated rings. The summed E-state index contributed by atoms with van der Waals surface area (Å²) in [5, 5.41) is 10.5. The van der Waals surface area contributed by atoms with Crippen molar-refractivity contribution in [3.63, 3.8) is 0 Å². The topological polar surface area (TPSA) is 60.2 Å².